The maximum atomic E-state index is 13.2. The SMILES string of the molecule is Cn1ccc2cc(CN3CCC(O)(c4ccc5c(c4)C(=O)N(C4CCC(=O)NC4=O)C5=O)CC3)ccc21. The van der Waals surface area contributed by atoms with Crippen molar-refractivity contribution in [3.8, 4) is 0 Å². The summed E-state index contributed by atoms with van der Waals surface area (Å²) in [5, 5.41) is 14.9. The van der Waals surface area contributed by atoms with Crippen molar-refractivity contribution in [2.24, 2.45) is 7.05 Å². The summed E-state index contributed by atoms with van der Waals surface area (Å²) in [7, 11) is 2.03. The Hall–Kier alpha value is -3.82. The Labute approximate surface area is 213 Å². The molecule has 3 aliphatic rings. The summed E-state index contributed by atoms with van der Waals surface area (Å²) in [5.41, 5.74) is 2.31. The van der Waals surface area contributed by atoms with Gasteiger partial charge in [-0.25, -0.2) is 0 Å². The summed E-state index contributed by atoms with van der Waals surface area (Å²) < 4.78 is 2.10. The number of rotatable bonds is 4. The first-order valence-corrected chi connectivity index (χ1v) is 12.6. The van der Waals surface area contributed by atoms with Gasteiger partial charge in [0, 0.05) is 44.8 Å². The molecule has 0 aliphatic carbocycles. The van der Waals surface area contributed by atoms with Crippen molar-refractivity contribution < 1.29 is 24.3 Å². The van der Waals surface area contributed by atoms with Gasteiger partial charge in [-0.1, -0.05) is 12.1 Å². The van der Waals surface area contributed by atoms with Gasteiger partial charge in [0.1, 0.15) is 6.04 Å². The van der Waals surface area contributed by atoms with Gasteiger partial charge in [-0.05, 0) is 66.1 Å². The molecule has 0 radical (unpaired) electrons. The van der Waals surface area contributed by atoms with E-state index < -0.39 is 35.3 Å². The van der Waals surface area contributed by atoms with Crippen molar-refractivity contribution >= 4 is 34.5 Å². The minimum atomic E-state index is -1.11. The molecule has 2 fully saturated rings. The zero-order valence-corrected chi connectivity index (χ0v) is 20.6. The van der Waals surface area contributed by atoms with E-state index in [2.05, 4.69) is 45.2 Å². The molecule has 9 nitrogen and oxygen atoms in total. The molecule has 2 saturated heterocycles. The second kappa shape index (κ2) is 8.64. The minimum absolute atomic E-state index is 0.0739. The lowest BCUT2D eigenvalue weighted by molar-refractivity contribution is -0.136. The van der Waals surface area contributed by atoms with Crippen molar-refractivity contribution in [1.29, 1.82) is 0 Å². The molecule has 2 aromatic carbocycles. The zero-order chi connectivity index (χ0) is 25.9. The van der Waals surface area contributed by atoms with E-state index in [0.29, 0.717) is 31.5 Å². The summed E-state index contributed by atoms with van der Waals surface area (Å²) >= 11 is 0. The summed E-state index contributed by atoms with van der Waals surface area (Å²) in [6.45, 7) is 2.17. The van der Waals surface area contributed by atoms with E-state index in [-0.39, 0.29) is 24.0 Å². The molecule has 3 aliphatic heterocycles. The van der Waals surface area contributed by atoms with Crippen LogP contribution in [0.1, 0.15) is 57.5 Å². The molecule has 3 aromatic rings. The number of nitrogens with one attached hydrogen (secondary N) is 1. The Balaban J connectivity index is 1.16. The Morgan fingerprint density at radius 2 is 1.73 bits per heavy atom. The second-order valence-electron chi connectivity index (χ2n) is 10.3. The van der Waals surface area contributed by atoms with Gasteiger partial charge in [0.25, 0.3) is 11.8 Å². The minimum Gasteiger partial charge on any atom is -0.385 e. The van der Waals surface area contributed by atoms with Crippen molar-refractivity contribution in [2.75, 3.05) is 13.1 Å². The highest BCUT2D eigenvalue weighted by Crippen LogP contribution is 2.37. The van der Waals surface area contributed by atoms with Crippen molar-refractivity contribution in [1.82, 2.24) is 19.7 Å². The van der Waals surface area contributed by atoms with Crippen LogP contribution in [0.25, 0.3) is 10.9 Å². The number of aryl methyl sites for hydroxylation is 1. The number of fused-ring (bicyclic) bond motifs is 2. The molecular weight excluding hydrogens is 472 g/mol. The fourth-order valence-electron chi connectivity index (χ4n) is 5.82. The van der Waals surface area contributed by atoms with Gasteiger partial charge in [-0.2, -0.15) is 0 Å². The third-order valence-corrected chi connectivity index (χ3v) is 8.02. The Kier molecular flexibility index (Phi) is 5.50. The third kappa shape index (κ3) is 3.95. The van der Waals surface area contributed by atoms with E-state index in [0.717, 1.165) is 11.4 Å². The lowest BCUT2D eigenvalue weighted by Crippen LogP contribution is -2.54. The standard InChI is InChI=1S/C28H28N4O5/c1-30-11-8-18-14-17(2-5-22(18)30)16-31-12-9-28(37,10-13-31)19-3-4-20-21(15-19)27(36)32(26(20)35)23-6-7-24(33)29-25(23)34/h2-5,8,11,14-15,23,37H,6-7,9-10,12-13,16H2,1H3,(H,29,33,34). The number of amides is 4. The van der Waals surface area contributed by atoms with E-state index >= 15 is 0 Å². The maximum Gasteiger partial charge on any atom is 0.262 e. The molecule has 2 N–H and O–H groups in total. The van der Waals surface area contributed by atoms with Crippen LogP contribution in [-0.2, 0) is 28.8 Å². The molecular formula is C28H28N4O5. The fourth-order valence-corrected chi connectivity index (χ4v) is 5.82. The van der Waals surface area contributed by atoms with Gasteiger partial charge in [-0.15, -0.1) is 0 Å². The number of likely N-dealkylation sites (tertiary alicyclic amines) is 1. The number of aromatic nitrogens is 1. The maximum absolute atomic E-state index is 13.2. The summed E-state index contributed by atoms with van der Waals surface area (Å²) in [6, 6.07) is 12.4. The number of piperidine rings is 2. The lowest BCUT2D eigenvalue weighted by Gasteiger charge is -2.38. The normalized spacial score (nSPS) is 22.0. The Morgan fingerprint density at radius 1 is 0.973 bits per heavy atom. The largest absolute Gasteiger partial charge is 0.385 e. The second-order valence-corrected chi connectivity index (χ2v) is 10.3. The van der Waals surface area contributed by atoms with Gasteiger partial charge in [0.05, 0.1) is 16.7 Å². The topological polar surface area (TPSA) is 112 Å². The molecule has 190 valence electrons. The number of imide groups is 2. The molecule has 0 spiro atoms. The van der Waals surface area contributed by atoms with Gasteiger partial charge < -0.3 is 9.67 Å². The smallest absolute Gasteiger partial charge is 0.262 e. The van der Waals surface area contributed by atoms with Crippen molar-refractivity contribution in [2.45, 2.75) is 43.9 Å². The monoisotopic (exact) mass is 500 g/mol. The highest BCUT2D eigenvalue weighted by molar-refractivity contribution is 6.23. The molecule has 0 bridgehead atoms. The average Bonchev–Trinajstić information content (AvgIpc) is 3.37. The predicted molar refractivity (Wildman–Crippen MR) is 134 cm³/mol. The number of aliphatic hydroxyl groups is 1. The van der Waals surface area contributed by atoms with Crippen LogP contribution in [0.4, 0.5) is 0 Å². The van der Waals surface area contributed by atoms with Gasteiger partial charge in [-0.3, -0.25) is 34.3 Å². The van der Waals surface area contributed by atoms with E-state index in [1.807, 2.05) is 7.05 Å². The first-order chi connectivity index (χ1) is 17.7. The van der Waals surface area contributed by atoms with Crippen LogP contribution < -0.4 is 5.32 Å². The molecule has 9 heteroatoms. The van der Waals surface area contributed by atoms with Crippen LogP contribution in [0.15, 0.2) is 48.7 Å². The van der Waals surface area contributed by atoms with Crippen LogP contribution in [0.5, 0.6) is 0 Å². The van der Waals surface area contributed by atoms with Crippen LogP contribution in [0.3, 0.4) is 0 Å². The van der Waals surface area contributed by atoms with E-state index in [1.54, 1.807) is 18.2 Å². The molecule has 37 heavy (non-hydrogen) atoms. The first-order valence-electron chi connectivity index (χ1n) is 12.6. The summed E-state index contributed by atoms with van der Waals surface area (Å²) in [4.78, 5) is 53.2. The number of carbonyl (C=O) groups excluding carboxylic acids is 4. The zero-order valence-electron chi connectivity index (χ0n) is 20.6. The lowest BCUT2D eigenvalue weighted by atomic mass is 9.83. The molecule has 1 aromatic heterocycles. The highest BCUT2D eigenvalue weighted by Gasteiger charge is 2.45. The Morgan fingerprint density at radius 3 is 2.49 bits per heavy atom. The van der Waals surface area contributed by atoms with E-state index in [1.165, 1.54) is 16.5 Å². The van der Waals surface area contributed by atoms with Gasteiger partial charge in [0.15, 0.2) is 0 Å². The molecule has 4 heterocycles. The molecule has 4 amide bonds. The van der Waals surface area contributed by atoms with Crippen LogP contribution in [0, 0.1) is 0 Å². The molecule has 1 atom stereocenters. The van der Waals surface area contributed by atoms with Gasteiger partial charge >= 0.3 is 0 Å². The quantitative estimate of drug-likeness (QED) is 0.531. The van der Waals surface area contributed by atoms with Crippen LogP contribution >= 0.6 is 0 Å². The van der Waals surface area contributed by atoms with Crippen molar-refractivity contribution in [3.63, 3.8) is 0 Å². The highest BCUT2D eigenvalue weighted by atomic mass is 16.3. The van der Waals surface area contributed by atoms with E-state index in [4.69, 9.17) is 0 Å². The van der Waals surface area contributed by atoms with Crippen LogP contribution in [0.2, 0.25) is 0 Å². The first kappa shape index (κ1) is 23.6. The molecule has 0 saturated carbocycles. The average molecular weight is 501 g/mol. The number of benzene rings is 2. The number of carbonyl (C=O) groups is 4. The van der Waals surface area contributed by atoms with Crippen molar-refractivity contribution in [3.05, 3.63) is 70.9 Å². The predicted octanol–water partition coefficient (Wildman–Crippen LogP) is 2.06. The summed E-state index contributed by atoms with van der Waals surface area (Å²) in [6.07, 6.45) is 3.23. The third-order valence-electron chi connectivity index (χ3n) is 8.02. The van der Waals surface area contributed by atoms with Crippen LogP contribution in [-0.4, -0.2) is 62.2 Å². The van der Waals surface area contributed by atoms with E-state index in [9.17, 15) is 24.3 Å². The molecule has 6 rings (SSSR count). The summed E-state index contributed by atoms with van der Waals surface area (Å²) in [5.74, 6) is -2.15. The number of hydrogen-bond donors (Lipinski definition) is 2. The van der Waals surface area contributed by atoms with Gasteiger partial charge in [0.2, 0.25) is 11.8 Å². The molecule has 1 unspecified atom stereocenters. The number of hydrogen-bond acceptors (Lipinski definition) is 6. The fraction of sp³-hybridized carbons (Fsp3) is 0.357. The Bertz CT molecular complexity index is 1470. The number of nitrogens with zero attached hydrogens (tertiary/aromatic N) is 3.